The van der Waals surface area contributed by atoms with Crippen molar-refractivity contribution in [1.29, 1.82) is 0 Å². The van der Waals surface area contributed by atoms with Crippen LogP contribution in [0.3, 0.4) is 0 Å². The number of rotatable bonds is 3. The molecule has 1 N–H and O–H groups in total. The zero-order valence-electron chi connectivity index (χ0n) is 8.01. The van der Waals surface area contributed by atoms with Crippen molar-refractivity contribution in [1.82, 2.24) is 4.98 Å². The molecular formula is C9H10F3NO2. The molecule has 1 aromatic heterocycles. The normalized spacial score (nSPS) is 11.5. The predicted octanol–water partition coefficient (Wildman–Crippen LogP) is 1.64. The molecule has 0 saturated carbocycles. The van der Waals surface area contributed by atoms with Gasteiger partial charge in [-0.05, 0) is 6.07 Å². The largest absolute Gasteiger partial charge is 0.481 e. The molecule has 1 aromatic rings. The van der Waals surface area contributed by atoms with Gasteiger partial charge in [0.2, 0.25) is 5.88 Å². The lowest BCUT2D eigenvalue weighted by Gasteiger charge is -2.12. The van der Waals surface area contributed by atoms with Crippen LogP contribution >= 0.6 is 0 Å². The zero-order chi connectivity index (χ0) is 11.5. The molecule has 15 heavy (non-hydrogen) atoms. The van der Waals surface area contributed by atoms with Crippen LogP contribution in [-0.4, -0.2) is 23.8 Å². The third-order valence-electron chi connectivity index (χ3n) is 1.81. The van der Waals surface area contributed by atoms with Crippen molar-refractivity contribution in [2.45, 2.75) is 12.6 Å². The van der Waals surface area contributed by atoms with Gasteiger partial charge in [-0.1, -0.05) is 0 Å². The molecule has 1 heterocycles. The Morgan fingerprint density at radius 1 is 1.40 bits per heavy atom. The van der Waals surface area contributed by atoms with E-state index in [2.05, 4.69) is 4.98 Å². The number of nitrogens with zero attached hydrogens (tertiary/aromatic N) is 1. The van der Waals surface area contributed by atoms with Gasteiger partial charge in [0.1, 0.15) is 0 Å². The third kappa shape index (κ3) is 2.82. The molecule has 0 spiro atoms. The first-order chi connectivity index (χ1) is 6.99. The van der Waals surface area contributed by atoms with Gasteiger partial charge in [0.25, 0.3) is 0 Å². The first-order valence-electron chi connectivity index (χ1n) is 4.21. The lowest BCUT2D eigenvalue weighted by Crippen LogP contribution is -2.12. The Morgan fingerprint density at radius 2 is 2.07 bits per heavy atom. The minimum atomic E-state index is -4.45. The van der Waals surface area contributed by atoms with E-state index in [-0.39, 0.29) is 24.6 Å². The molecule has 0 amide bonds. The summed E-state index contributed by atoms with van der Waals surface area (Å²) in [5.74, 6) is 0.103. The van der Waals surface area contributed by atoms with Gasteiger partial charge in [0.05, 0.1) is 18.4 Å². The van der Waals surface area contributed by atoms with Gasteiger partial charge in [-0.2, -0.15) is 13.2 Å². The van der Waals surface area contributed by atoms with Crippen LogP contribution in [0.1, 0.15) is 11.3 Å². The molecule has 0 aliphatic carbocycles. The molecule has 0 aliphatic rings. The summed E-state index contributed by atoms with van der Waals surface area (Å²) in [6.07, 6.45) is -4.60. The van der Waals surface area contributed by atoms with Gasteiger partial charge in [-0.15, -0.1) is 0 Å². The summed E-state index contributed by atoms with van der Waals surface area (Å²) >= 11 is 0. The van der Waals surface area contributed by atoms with E-state index in [1.807, 2.05) is 0 Å². The van der Waals surface area contributed by atoms with E-state index >= 15 is 0 Å². The summed E-state index contributed by atoms with van der Waals surface area (Å²) in [4.78, 5) is 3.65. The average Bonchev–Trinajstić information content (AvgIpc) is 2.16. The molecule has 0 atom stereocenters. The van der Waals surface area contributed by atoms with Crippen LogP contribution in [-0.2, 0) is 12.6 Å². The fraction of sp³-hybridized carbons (Fsp3) is 0.444. The highest BCUT2D eigenvalue weighted by Crippen LogP contribution is 2.32. The molecule has 0 saturated heterocycles. The summed E-state index contributed by atoms with van der Waals surface area (Å²) in [5, 5.41) is 8.63. The van der Waals surface area contributed by atoms with Crippen LogP contribution in [0.2, 0.25) is 0 Å². The molecule has 0 radical (unpaired) electrons. The SMILES string of the molecule is COc1ccc(C(F)(F)F)c(CCO)n1. The summed E-state index contributed by atoms with van der Waals surface area (Å²) in [7, 11) is 1.32. The van der Waals surface area contributed by atoms with Crippen LogP contribution < -0.4 is 4.74 Å². The van der Waals surface area contributed by atoms with Crippen LogP contribution in [0.25, 0.3) is 0 Å². The van der Waals surface area contributed by atoms with Crippen LogP contribution in [0.5, 0.6) is 5.88 Å². The molecule has 3 nitrogen and oxygen atoms in total. The summed E-state index contributed by atoms with van der Waals surface area (Å²) in [6.45, 7) is -0.386. The van der Waals surface area contributed by atoms with Crippen molar-refractivity contribution in [2.24, 2.45) is 0 Å². The molecule has 84 valence electrons. The lowest BCUT2D eigenvalue weighted by molar-refractivity contribution is -0.138. The number of aromatic nitrogens is 1. The molecule has 0 bridgehead atoms. The van der Waals surface area contributed by atoms with Gasteiger partial charge in [-0.25, -0.2) is 4.98 Å². The standard InChI is InChI=1S/C9H10F3NO2/c1-15-8-3-2-6(9(10,11)12)7(13-8)4-5-14/h2-3,14H,4-5H2,1H3. The topological polar surface area (TPSA) is 42.4 Å². The number of alkyl halides is 3. The van der Waals surface area contributed by atoms with Crippen molar-refractivity contribution in [3.8, 4) is 5.88 Å². The van der Waals surface area contributed by atoms with E-state index < -0.39 is 11.7 Å². The minimum absolute atomic E-state index is 0.103. The molecule has 0 aromatic carbocycles. The molecule has 0 unspecified atom stereocenters. The molecule has 0 aliphatic heterocycles. The summed E-state index contributed by atoms with van der Waals surface area (Å²) < 4.78 is 42.0. The van der Waals surface area contributed by atoms with Crippen molar-refractivity contribution >= 4 is 0 Å². The van der Waals surface area contributed by atoms with Crippen molar-refractivity contribution in [3.63, 3.8) is 0 Å². The second-order valence-corrected chi connectivity index (χ2v) is 2.82. The Balaban J connectivity index is 3.15. The Labute approximate surface area is 84.5 Å². The highest BCUT2D eigenvalue weighted by molar-refractivity contribution is 5.28. The molecule has 6 heteroatoms. The van der Waals surface area contributed by atoms with Crippen LogP contribution in [0.15, 0.2) is 12.1 Å². The Morgan fingerprint density at radius 3 is 2.53 bits per heavy atom. The van der Waals surface area contributed by atoms with E-state index in [0.717, 1.165) is 12.1 Å². The number of methoxy groups -OCH3 is 1. The predicted molar refractivity (Wildman–Crippen MR) is 46.6 cm³/mol. The van der Waals surface area contributed by atoms with Crippen molar-refractivity contribution in [2.75, 3.05) is 13.7 Å². The molecule has 1 rings (SSSR count). The monoisotopic (exact) mass is 221 g/mol. The van der Waals surface area contributed by atoms with E-state index in [4.69, 9.17) is 9.84 Å². The fourth-order valence-electron chi connectivity index (χ4n) is 1.15. The summed E-state index contributed by atoms with van der Waals surface area (Å²) in [6, 6.07) is 2.04. The van der Waals surface area contributed by atoms with E-state index in [1.54, 1.807) is 0 Å². The smallest absolute Gasteiger partial charge is 0.418 e. The van der Waals surface area contributed by atoms with Gasteiger partial charge < -0.3 is 9.84 Å². The number of hydrogen-bond donors (Lipinski definition) is 1. The first kappa shape index (κ1) is 11.8. The number of halogens is 3. The van der Waals surface area contributed by atoms with Gasteiger partial charge in [0, 0.05) is 19.1 Å². The second-order valence-electron chi connectivity index (χ2n) is 2.82. The number of hydrogen-bond acceptors (Lipinski definition) is 3. The number of ether oxygens (including phenoxy) is 1. The lowest BCUT2D eigenvalue weighted by atomic mass is 10.1. The Bertz CT molecular complexity index is 339. The van der Waals surface area contributed by atoms with Crippen LogP contribution in [0, 0.1) is 0 Å². The minimum Gasteiger partial charge on any atom is -0.481 e. The second kappa shape index (κ2) is 4.48. The van der Waals surface area contributed by atoms with Crippen LogP contribution in [0.4, 0.5) is 13.2 Å². The molecule has 0 fully saturated rings. The van der Waals surface area contributed by atoms with Gasteiger partial charge in [0.15, 0.2) is 0 Å². The highest BCUT2D eigenvalue weighted by atomic mass is 19.4. The Kier molecular flexibility index (Phi) is 3.52. The summed E-state index contributed by atoms with van der Waals surface area (Å²) in [5.41, 5.74) is -1.04. The maximum Gasteiger partial charge on any atom is 0.418 e. The van der Waals surface area contributed by atoms with E-state index in [9.17, 15) is 13.2 Å². The zero-order valence-corrected chi connectivity index (χ0v) is 8.01. The Hall–Kier alpha value is -1.30. The van der Waals surface area contributed by atoms with Crippen molar-refractivity contribution in [3.05, 3.63) is 23.4 Å². The number of aliphatic hydroxyl groups excluding tert-OH is 1. The van der Waals surface area contributed by atoms with Gasteiger partial charge in [-0.3, -0.25) is 0 Å². The third-order valence-corrected chi connectivity index (χ3v) is 1.81. The first-order valence-corrected chi connectivity index (χ1v) is 4.21. The molecular weight excluding hydrogens is 211 g/mol. The maximum atomic E-state index is 12.4. The fourth-order valence-corrected chi connectivity index (χ4v) is 1.15. The highest BCUT2D eigenvalue weighted by Gasteiger charge is 2.34. The van der Waals surface area contributed by atoms with Crippen molar-refractivity contribution < 1.29 is 23.0 Å². The number of aliphatic hydroxyl groups is 1. The van der Waals surface area contributed by atoms with E-state index in [1.165, 1.54) is 7.11 Å². The van der Waals surface area contributed by atoms with E-state index in [0.29, 0.717) is 0 Å². The quantitative estimate of drug-likeness (QED) is 0.843. The average molecular weight is 221 g/mol. The van der Waals surface area contributed by atoms with Gasteiger partial charge >= 0.3 is 6.18 Å². The maximum absolute atomic E-state index is 12.4. The number of pyridine rings is 1.